The number of hydrogen-bond donors (Lipinski definition) is 0. The Bertz CT molecular complexity index is 1470. The first-order valence-corrected chi connectivity index (χ1v) is 12.9. The van der Waals surface area contributed by atoms with E-state index in [1.165, 1.54) is 33.4 Å². The van der Waals surface area contributed by atoms with Crippen LogP contribution in [0.1, 0.15) is 48.3 Å². The van der Waals surface area contributed by atoms with Crippen LogP contribution in [-0.2, 0) is 11.8 Å². The van der Waals surface area contributed by atoms with Gasteiger partial charge in [-0.15, -0.1) is 0 Å². The molecule has 1 saturated heterocycles. The van der Waals surface area contributed by atoms with Crippen LogP contribution in [0.4, 0.5) is 4.79 Å². The standard InChI is InChI=1S/C31H29N3O2/c1-33-18-21-14-13-20(17-30(21)32-33)22-15-23-7-6-8-24(16-22)34(23)31(35)36-19-29-27-11-4-2-9-25(27)26-10-3-5-12-28(26)29/h2-5,9-15,17-18,23-24,29H,6-8,16,19H2,1H3. The van der Waals surface area contributed by atoms with Crippen molar-refractivity contribution in [2.75, 3.05) is 6.61 Å². The lowest BCUT2D eigenvalue weighted by molar-refractivity contribution is 0.0539. The molecular weight excluding hydrogens is 446 g/mol. The van der Waals surface area contributed by atoms with E-state index < -0.39 is 0 Å². The number of fused-ring (bicyclic) bond motifs is 6. The topological polar surface area (TPSA) is 47.4 Å². The highest BCUT2D eigenvalue weighted by Crippen LogP contribution is 2.45. The van der Waals surface area contributed by atoms with Gasteiger partial charge in [0.1, 0.15) is 6.61 Å². The van der Waals surface area contributed by atoms with E-state index >= 15 is 0 Å². The van der Waals surface area contributed by atoms with Crippen LogP contribution in [0.15, 0.2) is 79.0 Å². The van der Waals surface area contributed by atoms with Gasteiger partial charge in [-0.2, -0.15) is 5.10 Å². The van der Waals surface area contributed by atoms with Crippen molar-refractivity contribution in [1.29, 1.82) is 0 Å². The van der Waals surface area contributed by atoms with E-state index in [4.69, 9.17) is 4.74 Å². The third-order valence-corrected chi connectivity index (χ3v) is 8.18. The highest BCUT2D eigenvalue weighted by atomic mass is 16.6. The van der Waals surface area contributed by atoms with Gasteiger partial charge >= 0.3 is 6.09 Å². The van der Waals surface area contributed by atoms with Gasteiger partial charge in [0.05, 0.1) is 11.6 Å². The van der Waals surface area contributed by atoms with Crippen LogP contribution in [0.2, 0.25) is 0 Å². The van der Waals surface area contributed by atoms with E-state index in [0.29, 0.717) is 6.61 Å². The summed E-state index contributed by atoms with van der Waals surface area (Å²) in [6.07, 6.45) is 8.16. The van der Waals surface area contributed by atoms with Crippen LogP contribution < -0.4 is 0 Å². The van der Waals surface area contributed by atoms with Crippen LogP contribution in [0.25, 0.3) is 27.6 Å². The monoisotopic (exact) mass is 475 g/mol. The van der Waals surface area contributed by atoms with Gasteiger partial charge in [-0.3, -0.25) is 9.58 Å². The number of aryl methyl sites for hydroxylation is 1. The molecule has 5 heteroatoms. The second-order valence-electron chi connectivity index (χ2n) is 10.3. The van der Waals surface area contributed by atoms with Gasteiger partial charge in [0.25, 0.3) is 0 Å². The molecule has 180 valence electrons. The summed E-state index contributed by atoms with van der Waals surface area (Å²) in [5, 5.41) is 5.73. The molecule has 0 saturated carbocycles. The van der Waals surface area contributed by atoms with E-state index in [1.54, 1.807) is 0 Å². The van der Waals surface area contributed by atoms with Crippen molar-refractivity contribution in [3.05, 3.63) is 95.7 Å². The van der Waals surface area contributed by atoms with E-state index in [2.05, 4.69) is 77.9 Å². The molecule has 1 aliphatic carbocycles. The Morgan fingerprint density at radius 3 is 2.50 bits per heavy atom. The van der Waals surface area contributed by atoms with Gasteiger partial charge in [-0.05, 0) is 65.1 Å². The summed E-state index contributed by atoms with van der Waals surface area (Å²) in [6.45, 7) is 0.371. The normalized spacial score (nSPS) is 20.7. The van der Waals surface area contributed by atoms with Gasteiger partial charge in [-0.25, -0.2) is 4.79 Å². The number of benzene rings is 3. The molecule has 3 aliphatic rings. The molecule has 7 rings (SSSR count). The minimum Gasteiger partial charge on any atom is -0.448 e. The molecule has 2 atom stereocenters. The van der Waals surface area contributed by atoms with Crippen molar-refractivity contribution >= 4 is 22.6 Å². The Labute approximate surface area is 211 Å². The average Bonchev–Trinajstić information content (AvgIpc) is 3.42. The zero-order valence-corrected chi connectivity index (χ0v) is 20.4. The zero-order valence-electron chi connectivity index (χ0n) is 20.4. The first kappa shape index (κ1) is 21.4. The molecule has 3 heterocycles. The summed E-state index contributed by atoms with van der Waals surface area (Å²) < 4.78 is 7.92. The second kappa shape index (κ2) is 8.37. The third-order valence-electron chi connectivity index (χ3n) is 8.18. The minimum atomic E-state index is -0.179. The third kappa shape index (κ3) is 3.45. The van der Waals surface area contributed by atoms with Gasteiger partial charge < -0.3 is 4.74 Å². The lowest BCUT2D eigenvalue weighted by Crippen LogP contribution is -2.51. The lowest BCUT2D eigenvalue weighted by atomic mass is 9.83. The van der Waals surface area contributed by atoms with E-state index in [0.717, 1.165) is 36.6 Å². The SMILES string of the molecule is Cn1cc2ccc(C3=CC4CCCC(C3)N4C(=O)OCC3c4ccccc4-c4ccccc43)cc2n1. The number of amides is 1. The summed E-state index contributed by atoms with van der Waals surface area (Å²) >= 11 is 0. The Morgan fingerprint density at radius 1 is 1.00 bits per heavy atom. The number of carbonyl (C=O) groups excluding carboxylic acids is 1. The van der Waals surface area contributed by atoms with Crippen LogP contribution in [0.3, 0.4) is 0 Å². The fraction of sp³-hybridized carbons (Fsp3) is 0.290. The summed E-state index contributed by atoms with van der Waals surface area (Å²) in [7, 11) is 1.95. The average molecular weight is 476 g/mol. The maximum atomic E-state index is 13.5. The molecule has 1 fully saturated rings. The summed E-state index contributed by atoms with van der Waals surface area (Å²) in [6, 6.07) is 23.7. The minimum absolute atomic E-state index is 0.0854. The zero-order chi connectivity index (χ0) is 24.2. The number of carbonyl (C=O) groups is 1. The van der Waals surface area contributed by atoms with Crippen molar-refractivity contribution in [3.8, 4) is 11.1 Å². The predicted molar refractivity (Wildman–Crippen MR) is 142 cm³/mol. The molecule has 1 aromatic heterocycles. The molecule has 3 aromatic carbocycles. The van der Waals surface area contributed by atoms with Crippen LogP contribution >= 0.6 is 0 Å². The van der Waals surface area contributed by atoms with E-state index in [1.807, 2.05) is 22.8 Å². The highest BCUT2D eigenvalue weighted by Gasteiger charge is 2.39. The maximum Gasteiger partial charge on any atom is 0.410 e. The Kier molecular flexibility index (Phi) is 4.98. The van der Waals surface area contributed by atoms with Crippen molar-refractivity contribution in [3.63, 3.8) is 0 Å². The molecule has 36 heavy (non-hydrogen) atoms. The van der Waals surface area contributed by atoms with Crippen molar-refractivity contribution in [2.45, 2.75) is 43.7 Å². The fourth-order valence-corrected chi connectivity index (χ4v) is 6.54. The number of rotatable bonds is 3. The quantitative estimate of drug-likeness (QED) is 0.338. The van der Waals surface area contributed by atoms with Crippen molar-refractivity contribution in [1.82, 2.24) is 14.7 Å². The summed E-state index contributed by atoms with van der Waals surface area (Å²) in [5.41, 5.74) is 8.54. The largest absolute Gasteiger partial charge is 0.448 e. The Balaban J connectivity index is 1.12. The molecule has 5 nitrogen and oxygen atoms in total. The molecule has 0 N–H and O–H groups in total. The molecule has 4 aromatic rings. The van der Waals surface area contributed by atoms with Gasteiger partial charge in [0, 0.05) is 30.6 Å². The number of ether oxygens (including phenoxy) is 1. The Morgan fingerprint density at radius 2 is 1.75 bits per heavy atom. The van der Waals surface area contributed by atoms with Crippen LogP contribution in [-0.4, -0.2) is 39.5 Å². The van der Waals surface area contributed by atoms with Gasteiger partial charge in [0.15, 0.2) is 0 Å². The first-order chi connectivity index (χ1) is 17.7. The lowest BCUT2D eigenvalue weighted by Gasteiger charge is -2.44. The number of nitrogens with zero attached hydrogens (tertiary/aromatic N) is 3. The Hall–Kier alpha value is -3.86. The summed E-state index contributed by atoms with van der Waals surface area (Å²) in [4.78, 5) is 15.5. The number of hydrogen-bond acceptors (Lipinski definition) is 3. The smallest absolute Gasteiger partial charge is 0.410 e. The van der Waals surface area contributed by atoms with Crippen LogP contribution in [0.5, 0.6) is 0 Å². The molecule has 2 unspecified atom stereocenters. The molecule has 2 aliphatic heterocycles. The van der Waals surface area contributed by atoms with E-state index in [-0.39, 0.29) is 24.1 Å². The maximum absolute atomic E-state index is 13.5. The molecular formula is C31H29N3O2. The number of piperidine rings is 1. The molecule has 2 bridgehead atoms. The highest BCUT2D eigenvalue weighted by molar-refractivity contribution is 5.84. The van der Waals surface area contributed by atoms with Gasteiger partial charge in [-0.1, -0.05) is 66.7 Å². The molecule has 1 amide bonds. The summed E-state index contributed by atoms with van der Waals surface area (Å²) in [5.74, 6) is 0.0854. The fourth-order valence-electron chi connectivity index (χ4n) is 6.54. The van der Waals surface area contributed by atoms with Gasteiger partial charge in [0.2, 0.25) is 0 Å². The first-order valence-electron chi connectivity index (χ1n) is 12.9. The van der Waals surface area contributed by atoms with Crippen LogP contribution in [0, 0.1) is 0 Å². The predicted octanol–water partition coefficient (Wildman–Crippen LogP) is 6.53. The molecule has 0 radical (unpaired) electrons. The molecule has 0 spiro atoms. The number of aromatic nitrogens is 2. The van der Waals surface area contributed by atoms with Crippen molar-refractivity contribution in [2.24, 2.45) is 7.05 Å². The second-order valence-corrected chi connectivity index (χ2v) is 10.3. The van der Waals surface area contributed by atoms with Crippen molar-refractivity contribution < 1.29 is 9.53 Å². The van der Waals surface area contributed by atoms with E-state index in [9.17, 15) is 4.79 Å².